The number of benzene rings is 1. The highest BCUT2D eigenvalue weighted by Crippen LogP contribution is 2.10. The molecule has 0 aliphatic carbocycles. The summed E-state index contributed by atoms with van der Waals surface area (Å²) < 4.78 is 9.46. The summed E-state index contributed by atoms with van der Waals surface area (Å²) in [6.07, 6.45) is 6.13. The summed E-state index contributed by atoms with van der Waals surface area (Å²) in [4.78, 5) is 23.8. The Labute approximate surface area is 163 Å². The molecule has 0 heterocycles. The molecule has 0 saturated heterocycles. The number of phenols is 1. The number of rotatable bonds is 7. The zero-order valence-corrected chi connectivity index (χ0v) is 17.1. The van der Waals surface area contributed by atoms with Gasteiger partial charge in [-0.1, -0.05) is 26.3 Å². The highest BCUT2D eigenvalue weighted by atomic mass is 127. The highest BCUT2D eigenvalue weighted by molar-refractivity contribution is 14.1. The maximum Gasteiger partial charge on any atom is 0.423 e. The van der Waals surface area contributed by atoms with Crippen LogP contribution in [-0.4, -0.2) is 35.2 Å². The molecule has 1 N–H and O–H groups in total. The smallest absolute Gasteiger partial charge is 0.423 e. The van der Waals surface area contributed by atoms with Gasteiger partial charge in [0.25, 0.3) is 0 Å². The molecule has 0 aliphatic rings. The third-order valence-electron chi connectivity index (χ3n) is 2.92. The lowest BCUT2D eigenvalue weighted by Crippen LogP contribution is -2.25. The van der Waals surface area contributed by atoms with Crippen molar-refractivity contribution in [3.63, 3.8) is 0 Å². The van der Waals surface area contributed by atoms with Crippen molar-refractivity contribution in [3.8, 4) is 5.75 Å². The third-order valence-corrected chi connectivity index (χ3v) is 3.30. The fraction of sp³-hybridized carbons (Fsp3) is 0.444. The van der Waals surface area contributed by atoms with E-state index >= 15 is 0 Å². The topological polar surface area (TPSA) is 76.1 Å². The van der Waals surface area contributed by atoms with E-state index in [0.29, 0.717) is 12.2 Å². The zero-order chi connectivity index (χ0) is 19.1. The molecule has 0 aromatic heterocycles. The molecule has 0 bridgehead atoms. The van der Waals surface area contributed by atoms with E-state index in [1.807, 2.05) is 19.9 Å². The Morgan fingerprint density at radius 2 is 1.84 bits per heavy atom. The minimum Gasteiger partial charge on any atom is -0.508 e. The molecule has 0 unspecified atom stereocenters. The van der Waals surface area contributed by atoms with E-state index in [4.69, 9.17) is 9.84 Å². The molecule has 7 heteroatoms. The van der Waals surface area contributed by atoms with Gasteiger partial charge in [0.05, 0.1) is 12.2 Å². The van der Waals surface area contributed by atoms with E-state index in [0.717, 1.165) is 25.8 Å². The molecular formula is C18H26INO5. The van der Waals surface area contributed by atoms with Gasteiger partial charge >= 0.3 is 12.1 Å². The summed E-state index contributed by atoms with van der Waals surface area (Å²) in [5.74, 6) is -0.200. The number of carbonyl (C=O) groups is 2. The number of hydrogen-bond donors (Lipinski definition) is 1. The number of amides is 1. The number of allylic oxidation sites excluding steroid dienone is 1. The van der Waals surface area contributed by atoms with Gasteiger partial charge in [0.15, 0.2) is 23.0 Å². The van der Waals surface area contributed by atoms with Crippen LogP contribution in [0.3, 0.4) is 0 Å². The van der Waals surface area contributed by atoms with E-state index < -0.39 is 0 Å². The van der Waals surface area contributed by atoms with Crippen LogP contribution >= 0.6 is 23.0 Å². The van der Waals surface area contributed by atoms with Crippen LogP contribution in [0.5, 0.6) is 5.75 Å². The van der Waals surface area contributed by atoms with Gasteiger partial charge in [0.1, 0.15) is 5.75 Å². The number of nitrogens with zero attached hydrogens (tertiary/aromatic N) is 1. The first-order valence-electron chi connectivity index (χ1n) is 8.18. The second kappa shape index (κ2) is 14.6. The molecule has 1 aromatic carbocycles. The first kappa shape index (κ1) is 23.2. The number of unbranched alkanes of at least 4 members (excludes halogenated alkanes) is 1. The number of aromatic hydroxyl groups is 1. The van der Waals surface area contributed by atoms with Gasteiger partial charge in [-0.05, 0) is 44.0 Å². The molecule has 0 saturated carbocycles. The first-order chi connectivity index (χ1) is 12.0. The SMILES string of the molecule is CC=CN(CCCC)C(=O)OI.CCCOC(=O)c1ccc(O)cc1. The molecule has 1 aromatic rings. The molecule has 1 amide bonds. The quantitative estimate of drug-likeness (QED) is 0.452. The van der Waals surface area contributed by atoms with Crippen molar-refractivity contribution in [2.24, 2.45) is 0 Å². The van der Waals surface area contributed by atoms with Gasteiger partial charge in [0, 0.05) is 12.7 Å². The van der Waals surface area contributed by atoms with Crippen LogP contribution in [0.1, 0.15) is 50.4 Å². The fourth-order valence-corrected chi connectivity index (χ4v) is 1.91. The molecule has 6 nitrogen and oxygen atoms in total. The third kappa shape index (κ3) is 10.6. The van der Waals surface area contributed by atoms with E-state index in [9.17, 15) is 9.59 Å². The van der Waals surface area contributed by atoms with Gasteiger partial charge < -0.3 is 12.9 Å². The van der Waals surface area contributed by atoms with E-state index in [2.05, 4.69) is 9.99 Å². The van der Waals surface area contributed by atoms with Gasteiger partial charge in [0.2, 0.25) is 0 Å². The van der Waals surface area contributed by atoms with Crippen LogP contribution < -0.4 is 0 Å². The highest BCUT2D eigenvalue weighted by Gasteiger charge is 2.09. The summed E-state index contributed by atoms with van der Waals surface area (Å²) in [5, 5.41) is 8.96. The lowest BCUT2D eigenvalue weighted by molar-refractivity contribution is 0.0505. The van der Waals surface area contributed by atoms with Crippen molar-refractivity contribution < 1.29 is 22.5 Å². The molecule has 25 heavy (non-hydrogen) atoms. The van der Waals surface area contributed by atoms with Crippen LogP contribution in [-0.2, 0) is 7.80 Å². The summed E-state index contributed by atoms with van der Waals surface area (Å²) >= 11 is 1.60. The second-order valence-corrected chi connectivity index (χ2v) is 5.50. The van der Waals surface area contributed by atoms with Crippen LogP contribution in [0, 0.1) is 0 Å². The van der Waals surface area contributed by atoms with Crippen molar-refractivity contribution in [2.45, 2.75) is 40.0 Å². The summed E-state index contributed by atoms with van der Waals surface area (Å²) in [6.45, 7) is 7.05. The maximum atomic E-state index is 11.2. The Balaban J connectivity index is 0.000000463. The number of esters is 1. The Morgan fingerprint density at radius 3 is 2.32 bits per heavy atom. The van der Waals surface area contributed by atoms with Crippen LogP contribution in [0.15, 0.2) is 36.5 Å². The average molecular weight is 463 g/mol. The normalized spacial score (nSPS) is 9.92. The molecule has 0 fully saturated rings. The Kier molecular flexibility index (Phi) is 13.5. The van der Waals surface area contributed by atoms with Crippen molar-refractivity contribution in [2.75, 3.05) is 13.2 Å². The second-order valence-electron chi connectivity index (χ2n) is 5.06. The number of phenolic OH excluding ortho intramolecular Hbond substituents is 1. The standard InChI is InChI=1S/C10H12O3.C8H14INO2/c1-2-7-13-10(12)8-3-5-9(11)6-4-8;1-3-5-7-10(6-4-2)8(11)12-9/h3-6,11H,2,7H2,1H3;4,6H,3,5,7H2,1-2H3. The van der Waals surface area contributed by atoms with Crippen molar-refractivity contribution in [1.82, 2.24) is 4.90 Å². The Morgan fingerprint density at radius 1 is 1.20 bits per heavy atom. The first-order valence-corrected chi connectivity index (χ1v) is 9.06. The molecule has 1 rings (SSSR count). The number of carbonyl (C=O) groups excluding carboxylic acids is 2. The molecule has 140 valence electrons. The molecule has 0 atom stereocenters. The average Bonchev–Trinajstić information content (AvgIpc) is 2.63. The minimum absolute atomic E-state index is 0.145. The van der Waals surface area contributed by atoms with Crippen LogP contribution in [0.4, 0.5) is 4.79 Å². The summed E-state index contributed by atoms with van der Waals surface area (Å²) in [7, 11) is 0. The van der Waals surface area contributed by atoms with E-state index in [1.165, 1.54) is 24.3 Å². The van der Waals surface area contributed by atoms with Crippen molar-refractivity contribution >= 4 is 35.1 Å². The largest absolute Gasteiger partial charge is 0.508 e. The molecule has 0 spiro atoms. The minimum atomic E-state index is -0.346. The number of hydrogen-bond acceptors (Lipinski definition) is 5. The number of ether oxygens (including phenoxy) is 1. The lowest BCUT2D eigenvalue weighted by atomic mass is 10.2. The number of halogens is 1. The fourth-order valence-electron chi connectivity index (χ4n) is 1.66. The van der Waals surface area contributed by atoms with Crippen LogP contribution in [0.25, 0.3) is 0 Å². The monoisotopic (exact) mass is 463 g/mol. The van der Waals surface area contributed by atoms with Crippen molar-refractivity contribution in [1.29, 1.82) is 0 Å². The van der Waals surface area contributed by atoms with Crippen LogP contribution in [0.2, 0.25) is 0 Å². The molecular weight excluding hydrogens is 437 g/mol. The Hall–Kier alpha value is -1.77. The predicted molar refractivity (Wildman–Crippen MR) is 106 cm³/mol. The lowest BCUT2D eigenvalue weighted by Gasteiger charge is -2.14. The Bertz CT molecular complexity index is 531. The summed E-state index contributed by atoms with van der Waals surface area (Å²) in [6, 6.07) is 5.99. The van der Waals surface area contributed by atoms with Gasteiger partial charge in [-0.3, -0.25) is 4.90 Å². The van der Waals surface area contributed by atoms with Gasteiger partial charge in [-0.25, -0.2) is 9.59 Å². The molecule has 0 aliphatic heterocycles. The van der Waals surface area contributed by atoms with E-state index in [1.54, 1.807) is 34.1 Å². The van der Waals surface area contributed by atoms with Gasteiger partial charge in [-0.2, -0.15) is 0 Å². The summed E-state index contributed by atoms with van der Waals surface area (Å²) in [5.41, 5.74) is 0.464. The molecule has 0 radical (unpaired) electrons. The van der Waals surface area contributed by atoms with E-state index in [-0.39, 0.29) is 17.8 Å². The maximum absolute atomic E-state index is 11.2. The van der Waals surface area contributed by atoms with Crippen molar-refractivity contribution in [3.05, 3.63) is 42.1 Å². The predicted octanol–water partition coefficient (Wildman–Crippen LogP) is 5.07. The zero-order valence-electron chi connectivity index (χ0n) is 14.9. The van der Waals surface area contributed by atoms with Gasteiger partial charge in [-0.15, -0.1) is 0 Å².